The second kappa shape index (κ2) is 10.6. The molecule has 2 aromatic heterocycles. The van der Waals surface area contributed by atoms with Crippen LogP contribution in [0.25, 0.3) is 16.9 Å². The average Bonchev–Trinajstić information content (AvgIpc) is 3.23. The van der Waals surface area contributed by atoms with Gasteiger partial charge in [-0.15, -0.1) is 0 Å². The molecule has 0 bridgehead atoms. The molecule has 1 fully saturated rings. The lowest BCUT2D eigenvalue weighted by atomic mass is 9.98. The highest BCUT2D eigenvalue weighted by atomic mass is 35.5. The highest BCUT2D eigenvalue weighted by molar-refractivity contribution is 6.36. The van der Waals surface area contributed by atoms with Crippen molar-refractivity contribution < 1.29 is 4.79 Å². The molecule has 1 atom stereocenters. The van der Waals surface area contributed by atoms with Gasteiger partial charge in [-0.3, -0.25) is 0 Å². The number of anilines is 2. The van der Waals surface area contributed by atoms with Crippen molar-refractivity contribution in [1.29, 1.82) is 0 Å². The molecule has 2 amide bonds. The summed E-state index contributed by atoms with van der Waals surface area (Å²) >= 11 is 18.6. The zero-order valence-electron chi connectivity index (χ0n) is 19.6. The van der Waals surface area contributed by atoms with Crippen LogP contribution in [0.2, 0.25) is 15.1 Å². The number of fused-ring (bicyclic) bond motifs is 1. The van der Waals surface area contributed by atoms with Crippen LogP contribution in [-0.4, -0.2) is 53.0 Å². The molecule has 2 aromatic carbocycles. The summed E-state index contributed by atoms with van der Waals surface area (Å²) in [7, 11) is 1.99. The minimum atomic E-state index is -0.159. The largest absolute Gasteiger partial charge is 0.370 e. The monoisotopic (exact) mass is 540 g/mol. The summed E-state index contributed by atoms with van der Waals surface area (Å²) in [5.41, 5.74) is 3.99. The van der Waals surface area contributed by atoms with Gasteiger partial charge in [-0.1, -0.05) is 53.0 Å². The van der Waals surface area contributed by atoms with Gasteiger partial charge >= 0.3 is 6.03 Å². The number of hydrogen-bond acceptors (Lipinski definition) is 4. The summed E-state index contributed by atoms with van der Waals surface area (Å²) in [6.07, 6.45) is 3.75. The summed E-state index contributed by atoms with van der Waals surface area (Å²) in [6.45, 7) is 2.02. The Kier molecular flexibility index (Phi) is 7.28. The minimum absolute atomic E-state index is 0.159. The fourth-order valence-corrected chi connectivity index (χ4v) is 5.26. The van der Waals surface area contributed by atoms with Crippen LogP contribution in [0, 0.1) is 5.92 Å². The first kappa shape index (κ1) is 24.7. The standard InChI is InChI=1S/C25H24BCl3N6O/c26-20-13-31-35-23(11-22(33-24(20)35)19-5-1-2-6-21(19)29)30-12-15-4-3-7-34(14-15)25(36)32-18-9-16(27)8-17(28)10-18/h1-2,5-6,8-11,13,15,30H,3-4,7,12,14,26H2,(H,32,36). The van der Waals surface area contributed by atoms with Crippen LogP contribution in [-0.2, 0) is 0 Å². The van der Waals surface area contributed by atoms with Crippen LogP contribution in [0.15, 0.2) is 54.7 Å². The summed E-state index contributed by atoms with van der Waals surface area (Å²) in [6, 6.07) is 14.5. The fraction of sp³-hybridized carbons (Fsp3) is 0.240. The number of hydrogen-bond donors (Lipinski definition) is 2. The Bertz CT molecular complexity index is 1410. The predicted octanol–water partition coefficient (Wildman–Crippen LogP) is 4.97. The van der Waals surface area contributed by atoms with Gasteiger partial charge in [0.15, 0.2) is 5.65 Å². The van der Waals surface area contributed by atoms with E-state index in [1.165, 1.54) is 0 Å². The predicted molar refractivity (Wildman–Crippen MR) is 150 cm³/mol. The van der Waals surface area contributed by atoms with Crippen LogP contribution in [0.4, 0.5) is 16.3 Å². The topological polar surface area (TPSA) is 74.6 Å². The first-order valence-electron chi connectivity index (χ1n) is 11.7. The van der Waals surface area contributed by atoms with Crippen LogP contribution < -0.4 is 16.1 Å². The first-order valence-corrected chi connectivity index (χ1v) is 12.9. The molecule has 0 aliphatic carbocycles. The van der Waals surface area contributed by atoms with Crippen molar-refractivity contribution in [2.75, 3.05) is 30.3 Å². The second-order valence-corrected chi connectivity index (χ2v) is 10.3. The maximum Gasteiger partial charge on any atom is 0.321 e. The van der Waals surface area contributed by atoms with E-state index in [0.29, 0.717) is 40.4 Å². The molecule has 0 saturated carbocycles. The maximum absolute atomic E-state index is 12.9. The Morgan fingerprint density at radius 2 is 1.89 bits per heavy atom. The number of likely N-dealkylation sites (tertiary alicyclic amines) is 1. The molecule has 36 heavy (non-hydrogen) atoms. The van der Waals surface area contributed by atoms with E-state index in [2.05, 4.69) is 15.7 Å². The average molecular weight is 542 g/mol. The Labute approximate surface area is 225 Å². The molecular formula is C25H24BCl3N6O. The molecule has 7 nitrogen and oxygen atoms in total. The zero-order chi connectivity index (χ0) is 25.2. The lowest BCUT2D eigenvalue weighted by Gasteiger charge is -2.33. The zero-order valence-corrected chi connectivity index (χ0v) is 21.9. The lowest BCUT2D eigenvalue weighted by Crippen LogP contribution is -2.44. The number of rotatable bonds is 5. The van der Waals surface area contributed by atoms with Crippen molar-refractivity contribution in [2.45, 2.75) is 12.8 Å². The van der Waals surface area contributed by atoms with Crippen LogP contribution in [0.5, 0.6) is 0 Å². The van der Waals surface area contributed by atoms with E-state index in [9.17, 15) is 4.79 Å². The Balaban J connectivity index is 1.30. The van der Waals surface area contributed by atoms with E-state index in [-0.39, 0.29) is 11.9 Å². The Morgan fingerprint density at radius 3 is 2.67 bits per heavy atom. The van der Waals surface area contributed by atoms with Crippen molar-refractivity contribution in [2.24, 2.45) is 5.92 Å². The van der Waals surface area contributed by atoms with Crippen molar-refractivity contribution >= 4 is 71.3 Å². The normalized spacial score (nSPS) is 15.8. The van der Waals surface area contributed by atoms with Gasteiger partial charge in [-0.05, 0) is 48.5 Å². The molecule has 184 valence electrons. The molecule has 0 spiro atoms. The summed E-state index contributed by atoms with van der Waals surface area (Å²) < 4.78 is 1.81. The minimum Gasteiger partial charge on any atom is -0.370 e. The Morgan fingerprint density at radius 1 is 1.11 bits per heavy atom. The van der Waals surface area contributed by atoms with Crippen LogP contribution in [0.1, 0.15) is 12.8 Å². The molecular weight excluding hydrogens is 517 g/mol. The number of carbonyl (C=O) groups excluding carboxylic acids is 1. The molecule has 0 radical (unpaired) electrons. The quantitative estimate of drug-likeness (QED) is 0.350. The van der Waals surface area contributed by atoms with E-state index < -0.39 is 0 Å². The SMILES string of the molecule is Bc1cnn2c(NCC3CCCN(C(=O)Nc4cc(Cl)cc(Cl)c4)C3)cc(-c3ccccc3Cl)nc12. The van der Waals surface area contributed by atoms with Crippen molar-refractivity contribution in [3.05, 3.63) is 69.8 Å². The van der Waals surface area contributed by atoms with Crippen LogP contribution >= 0.6 is 34.8 Å². The van der Waals surface area contributed by atoms with Crippen molar-refractivity contribution in [3.8, 4) is 11.3 Å². The number of nitrogens with one attached hydrogen (secondary N) is 2. The number of urea groups is 1. The van der Waals surface area contributed by atoms with Gasteiger partial charge < -0.3 is 15.5 Å². The third kappa shape index (κ3) is 5.41. The van der Waals surface area contributed by atoms with E-state index in [1.54, 1.807) is 24.4 Å². The number of halogens is 3. The maximum atomic E-state index is 12.9. The molecule has 2 N–H and O–H groups in total. The van der Waals surface area contributed by atoms with Gasteiger partial charge in [0.1, 0.15) is 13.7 Å². The fourth-order valence-electron chi connectivity index (χ4n) is 4.50. The molecule has 1 aliphatic rings. The molecule has 11 heteroatoms. The molecule has 1 aliphatic heterocycles. The smallest absolute Gasteiger partial charge is 0.321 e. The number of benzene rings is 2. The summed E-state index contributed by atoms with van der Waals surface area (Å²) in [4.78, 5) is 19.5. The van der Waals surface area contributed by atoms with Crippen molar-refractivity contribution in [1.82, 2.24) is 19.5 Å². The van der Waals surface area contributed by atoms with Gasteiger partial charge in [0.25, 0.3) is 0 Å². The van der Waals surface area contributed by atoms with Gasteiger partial charge in [-0.2, -0.15) is 9.61 Å². The number of carbonyl (C=O) groups is 1. The van der Waals surface area contributed by atoms with Crippen LogP contribution in [0.3, 0.4) is 0 Å². The Hall–Kier alpha value is -2.94. The van der Waals surface area contributed by atoms with E-state index in [0.717, 1.165) is 41.0 Å². The van der Waals surface area contributed by atoms with Gasteiger partial charge in [0.05, 0.1) is 5.69 Å². The van der Waals surface area contributed by atoms with E-state index >= 15 is 0 Å². The number of aromatic nitrogens is 3. The summed E-state index contributed by atoms with van der Waals surface area (Å²) in [5.74, 6) is 1.11. The third-order valence-corrected chi connectivity index (χ3v) is 7.06. The third-order valence-electron chi connectivity index (χ3n) is 6.29. The van der Waals surface area contributed by atoms with Gasteiger partial charge in [0.2, 0.25) is 0 Å². The molecule has 1 saturated heterocycles. The van der Waals surface area contributed by atoms with Gasteiger partial charge in [0, 0.05) is 58.2 Å². The summed E-state index contributed by atoms with van der Waals surface area (Å²) in [5, 5.41) is 12.6. The molecule has 1 unspecified atom stereocenters. The first-order chi connectivity index (χ1) is 17.4. The van der Waals surface area contributed by atoms with E-state index in [4.69, 9.17) is 39.8 Å². The molecule has 3 heterocycles. The van der Waals surface area contributed by atoms with Gasteiger partial charge in [-0.25, -0.2) is 9.78 Å². The number of amides is 2. The van der Waals surface area contributed by atoms with Crippen molar-refractivity contribution in [3.63, 3.8) is 0 Å². The highest BCUT2D eigenvalue weighted by Gasteiger charge is 2.24. The molecule has 4 aromatic rings. The number of piperidine rings is 1. The number of nitrogens with zero attached hydrogens (tertiary/aromatic N) is 4. The highest BCUT2D eigenvalue weighted by Crippen LogP contribution is 2.29. The lowest BCUT2D eigenvalue weighted by molar-refractivity contribution is 0.180. The second-order valence-electron chi connectivity index (χ2n) is 8.99. The molecule has 5 rings (SSSR count). The van der Waals surface area contributed by atoms with E-state index in [1.807, 2.05) is 47.6 Å².